The second-order valence-corrected chi connectivity index (χ2v) is 3.25. The summed E-state index contributed by atoms with van der Waals surface area (Å²) in [7, 11) is 1.27. The summed E-state index contributed by atoms with van der Waals surface area (Å²) < 4.78 is 4.39. The van der Waals surface area contributed by atoms with Gasteiger partial charge in [0.25, 0.3) is 0 Å². The Labute approximate surface area is 93.8 Å². The van der Waals surface area contributed by atoms with Crippen molar-refractivity contribution in [3.8, 4) is 0 Å². The van der Waals surface area contributed by atoms with Crippen LogP contribution in [0.25, 0.3) is 0 Å². The van der Waals surface area contributed by atoms with Crippen LogP contribution in [0.2, 0.25) is 0 Å². The highest BCUT2D eigenvalue weighted by atomic mass is 16.5. The van der Waals surface area contributed by atoms with Crippen LogP contribution in [0.1, 0.15) is 5.56 Å². The molecule has 0 aliphatic heterocycles. The fourth-order valence-electron chi connectivity index (χ4n) is 1.04. The van der Waals surface area contributed by atoms with Crippen LogP contribution in [0.4, 0.5) is 10.5 Å². The molecule has 0 spiro atoms. The van der Waals surface area contributed by atoms with Crippen molar-refractivity contribution in [3.05, 3.63) is 29.8 Å². The van der Waals surface area contributed by atoms with Gasteiger partial charge in [0.1, 0.15) is 6.54 Å². The molecule has 0 radical (unpaired) electrons. The number of esters is 1. The maximum absolute atomic E-state index is 11.3. The summed E-state index contributed by atoms with van der Waals surface area (Å²) in [5.41, 5.74) is 1.79. The number of benzene rings is 1. The number of ether oxygens (including phenoxy) is 1. The SMILES string of the molecule is COC(=O)CNC(=O)Nc1ccc(C)cc1. The van der Waals surface area contributed by atoms with E-state index in [4.69, 9.17) is 0 Å². The van der Waals surface area contributed by atoms with Crippen molar-refractivity contribution in [2.24, 2.45) is 0 Å². The maximum Gasteiger partial charge on any atom is 0.325 e. The third kappa shape index (κ3) is 4.00. The van der Waals surface area contributed by atoms with Crippen LogP contribution in [0.3, 0.4) is 0 Å². The zero-order chi connectivity index (χ0) is 12.0. The largest absolute Gasteiger partial charge is 0.468 e. The Balaban J connectivity index is 2.40. The molecule has 5 nitrogen and oxygen atoms in total. The van der Waals surface area contributed by atoms with Crippen LogP contribution in [0, 0.1) is 6.92 Å². The van der Waals surface area contributed by atoms with Crippen LogP contribution in [-0.2, 0) is 9.53 Å². The zero-order valence-electron chi connectivity index (χ0n) is 9.24. The Hall–Kier alpha value is -2.04. The van der Waals surface area contributed by atoms with Gasteiger partial charge in [0, 0.05) is 5.69 Å². The average molecular weight is 222 g/mol. The molecule has 0 aliphatic carbocycles. The lowest BCUT2D eigenvalue weighted by molar-refractivity contribution is -0.139. The third-order valence-corrected chi connectivity index (χ3v) is 1.93. The second kappa shape index (κ2) is 5.75. The molecular formula is C11H14N2O3. The zero-order valence-corrected chi connectivity index (χ0v) is 9.24. The predicted octanol–water partition coefficient (Wildman–Crippen LogP) is 1.29. The molecule has 0 saturated heterocycles. The van der Waals surface area contributed by atoms with Gasteiger partial charge in [0.15, 0.2) is 0 Å². The van der Waals surface area contributed by atoms with Crippen molar-refractivity contribution in [1.82, 2.24) is 5.32 Å². The number of carbonyl (C=O) groups is 2. The maximum atomic E-state index is 11.3. The number of hydrogen-bond acceptors (Lipinski definition) is 3. The topological polar surface area (TPSA) is 67.4 Å². The number of amides is 2. The van der Waals surface area contributed by atoms with Gasteiger partial charge in [0.2, 0.25) is 0 Å². The summed E-state index contributed by atoms with van der Waals surface area (Å²) in [6.07, 6.45) is 0. The van der Waals surface area contributed by atoms with Crippen LogP contribution >= 0.6 is 0 Å². The summed E-state index contributed by atoms with van der Waals surface area (Å²) in [4.78, 5) is 22.0. The molecule has 16 heavy (non-hydrogen) atoms. The summed E-state index contributed by atoms with van der Waals surface area (Å²) in [6.45, 7) is 1.81. The summed E-state index contributed by atoms with van der Waals surface area (Å²) >= 11 is 0. The molecule has 86 valence electrons. The Morgan fingerprint density at radius 2 is 1.88 bits per heavy atom. The molecule has 5 heteroatoms. The molecule has 0 atom stereocenters. The Bertz CT molecular complexity index is 373. The van der Waals surface area contributed by atoms with Crippen LogP contribution in [0.5, 0.6) is 0 Å². The molecule has 2 N–H and O–H groups in total. The first kappa shape index (κ1) is 12.0. The average Bonchev–Trinajstić information content (AvgIpc) is 2.29. The highest BCUT2D eigenvalue weighted by Gasteiger charge is 2.04. The number of anilines is 1. The summed E-state index contributed by atoms with van der Waals surface area (Å²) in [6, 6.07) is 6.90. The number of urea groups is 1. The summed E-state index contributed by atoms with van der Waals surface area (Å²) in [5.74, 6) is -0.487. The number of aryl methyl sites for hydroxylation is 1. The lowest BCUT2D eigenvalue weighted by Gasteiger charge is -2.06. The van der Waals surface area contributed by atoms with E-state index in [0.29, 0.717) is 5.69 Å². The van der Waals surface area contributed by atoms with Crippen LogP contribution in [-0.4, -0.2) is 25.7 Å². The van der Waals surface area contributed by atoms with Crippen molar-refractivity contribution in [3.63, 3.8) is 0 Å². The van der Waals surface area contributed by atoms with Gasteiger partial charge >= 0.3 is 12.0 Å². The van der Waals surface area contributed by atoms with E-state index in [0.717, 1.165) is 5.56 Å². The molecule has 1 rings (SSSR count). The van der Waals surface area contributed by atoms with E-state index in [1.165, 1.54) is 7.11 Å². The number of carbonyl (C=O) groups excluding carboxylic acids is 2. The molecule has 0 aromatic heterocycles. The van der Waals surface area contributed by atoms with Crippen molar-refractivity contribution in [2.75, 3.05) is 19.0 Å². The number of nitrogens with one attached hydrogen (secondary N) is 2. The molecule has 1 aromatic carbocycles. The normalized spacial score (nSPS) is 9.38. The Kier molecular flexibility index (Phi) is 4.32. The van der Waals surface area contributed by atoms with E-state index in [1.54, 1.807) is 12.1 Å². The van der Waals surface area contributed by atoms with Crippen molar-refractivity contribution in [2.45, 2.75) is 6.92 Å². The highest BCUT2D eigenvalue weighted by Crippen LogP contribution is 2.07. The van der Waals surface area contributed by atoms with E-state index >= 15 is 0 Å². The molecule has 0 bridgehead atoms. The molecule has 2 amide bonds. The number of hydrogen-bond donors (Lipinski definition) is 2. The van der Waals surface area contributed by atoms with Gasteiger partial charge in [-0.15, -0.1) is 0 Å². The van der Waals surface area contributed by atoms with Gasteiger partial charge in [-0.3, -0.25) is 4.79 Å². The number of methoxy groups -OCH3 is 1. The van der Waals surface area contributed by atoms with E-state index in [-0.39, 0.29) is 6.54 Å². The predicted molar refractivity (Wildman–Crippen MR) is 60.2 cm³/mol. The Morgan fingerprint density at radius 3 is 2.44 bits per heavy atom. The molecule has 0 aliphatic rings. The first-order valence-corrected chi connectivity index (χ1v) is 4.80. The second-order valence-electron chi connectivity index (χ2n) is 3.25. The third-order valence-electron chi connectivity index (χ3n) is 1.93. The Morgan fingerprint density at radius 1 is 1.25 bits per heavy atom. The minimum absolute atomic E-state index is 0.145. The first-order valence-electron chi connectivity index (χ1n) is 4.80. The van der Waals surface area contributed by atoms with Crippen molar-refractivity contribution < 1.29 is 14.3 Å². The summed E-state index contributed by atoms with van der Waals surface area (Å²) in [5, 5.41) is 4.96. The molecular weight excluding hydrogens is 208 g/mol. The van der Waals surface area contributed by atoms with Crippen molar-refractivity contribution in [1.29, 1.82) is 0 Å². The van der Waals surface area contributed by atoms with Crippen LogP contribution < -0.4 is 10.6 Å². The monoisotopic (exact) mass is 222 g/mol. The van der Waals surface area contributed by atoms with Crippen molar-refractivity contribution >= 4 is 17.7 Å². The molecule has 0 fully saturated rings. The minimum Gasteiger partial charge on any atom is -0.468 e. The van der Waals surface area contributed by atoms with E-state index < -0.39 is 12.0 Å². The molecule has 0 unspecified atom stereocenters. The number of rotatable bonds is 3. The van der Waals surface area contributed by atoms with Gasteiger partial charge in [-0.2, -0.15) is 0 Å². The standard InChI is InChI=1S/C11H14N2O3/c1-8-3-5-9(6-4-8)13-11(15)12-7-10(14)16-2/h3-6H,7H2,1-2H3,(H2,12,13,15). The quantitative estimate of drug-likeness (QED) is 0.757. The lowest BCUT2D eigenvalue weighted by atomic mass is 10.2. The smallest absolute Gasteiger partial charge is 0.325 e. The lowest BCUT2D eigenvalue weighted by Crippen LogP contribution is -2.33. The fraction of sp³-hybridized carbons (Fsp3) is 0.273. The molecule has 0 heterocycles. The van der Waals surface area contributed by atoms with Gasteiger partial charge in [-0.25, -0.2) is 4.79 Å². The van der Waals surface area contributed by atoms with Gasteiger partial charge in [-0.05, 0) is 19.1 Å². The fourth-order valence-corrected chi connectivity index (χ4v) is 1.04. The van der Waals surface area contributed by atoms with Gasteiger partial charge in [-0.1, -0.05) is 17.7 Å². The van der Waals surface area contributed by atoms with Crippen LogP contribution in [0.15, 0.2) is 24.3 Å². The minimum atomic E-state index is -0.487. The van der Waals surface area contributed by atoms with E-state index in [9.17, 15) is 9.59 Å². The first-order chi connectivity index (χ1) is 7.61. The molecule has 0 saturated carbocycles. The van der Waals surface area contributed by atoms with Gasteiger partial charge < -0.3 is 15.4 Å². The highest BCUT2D eigenvalue weighted by molar-refractivity contribution is 5.91. The van der Waals surface area contributed by atoms with E-state index in [2.05, 4.69) is 15.4 Å². The van der Waals surface area contributed by atoms with E-state index in [1.807, 2.05) is 19.1 Å². The molecule has 1 aromatic rings. The van der Waals surface area contributed by atoms with Gasteiger partial charge in [0.05, 0.1) is 7.11 Å².